The molecule has 180 valence electrons. The monoisotopic (exact) mass is 479 g/mol. The number of aromatic nitrogens is 1. The molecule has 2 heterocycles. The lowest BCUT2D eigenvalue weighted by molar-refractivity contribution is 0.443. The van der Waals surface area contributed by atoms with Crippen molar-refractivity contribution in [2.75, 3.05) is 0 Å². The van der Waals surface area contributed by atoms with E-state index < -0.39 is 0 Å². The molecule has 37 heavy (non-hydrogen) atoms. The van der Waals surface area contributed by atoms with Gasteiger partial charge in [0.25, 0.3) is 0 Å². The van der Waals surface area contributed by atoms with Gasteiger partial charge in [0.15, 0.2) is 0 Å². The molecular weight excluding hydrogens is 450 g/mol. The van der Waals surface area contributed by atoms with Gasteiger partial charge in [-0.15, -0.1) is 0 Å². The van der Waals surface area contributed by atoms with E-state index in [0.717, 1.165) is 44.3 Å². The maximum Gasteiger partial charge on any atom is 0.143 e. The molecule has 1 fully saturated rings. The third-order valence-corrected chi connectivity index (χ3v) is 7.96. The summed E-state index contributed by atoms with van der Waals surface area (Å²) in [4.78, 5) is 4.72. The molecular formula is C35H29NO. The highest BCUT2D eigenvalue weighted by molar-refractivity contribution is 6.10. The quantitative estimate of drug-likeness (QED) is 0.251. The van der Waals surface area contributed by atoms with E-state index in [2.05, 4.69) is 103 Å². The number of benzene rings is 4. The lowest BCUT2D eigenvalue weighted by Crippen LogP contribution is -2.04. The van der Waals surface area contributed by atoms with Crippen molar-refractivity contribution in [3.8, 4) is 33.5 Å². The van der Waals surface area contributed by atoms with E-state index in [4.69, 9.17) is 9.40 Å². The van der Waals surface area contributed by atoms with E-state index in [1.165, 1.54) is 48.8 Å². The summed E-state index contributed by atoms with van der Waals surface area (Å²) in [5, 5.41) is 2.29. The molecule has 7 rings (SSSR count). The third-order valence-electron chi connectivity index (χ3n) is 7.96. The Labute approximate surface area is 217 Å². The van der Waals surface area contributed by atoms with Crippen LogP contribution < -0.4 is 0 Å². The van der Waals surface area contributed by atoms with Gasteiger partial charge in [0, 0.05) is 28.1 Å². The Morgan fingerprint density at radius 2 is 1.35 bits per heavy atom. The maximum atomic E-state index is 6.53. The highest BCUT2D eigenvalue weighted by Crippen LogP contribution is 2.38. The van der Waals surface area contributed by atoms with Crippen LogP contribution in [-0.2, 0) is 0 Å². The summed E-state index contributed by atoms with van der Waals surface area (Å²) in [6.45, 7) is 0. The van der Waals surface area contributed by atoms with Crippen molar-refractivity contribution in [3.63, 3.8) is 0 Å². The predicted octanol–water partition coefficient (Wildman–Crippen LogP) is 10.0. The van der Waals surface area contributed by atoms with E-state index in [0.29, 0.717) is 5.92 Å². The van der Waals surface area contributed by atoms with Gasteiger partial charge in [-0.3, -0.25) is 4.98 Å². The molecule has 2 nitrogen and oxygen atoms in total. The fourth-order valence-electron chi connectivity index (χ4n) is 5.95. The summed E-state index contributed by atoms with van der Waals surface area (Å²) >= 11 is 0. The number of pyridine rings is 1. The molecule has 0 saturated heterocycles. The van der Waals surface area contributed by atoms with Crippen molar-refractivity contribution in [1.82, 2.24) is 4.98 Å². The number of fused-ring (bicyclic) bond motifs is 3. The van der Waals surface area contributed by atoms with E-state index in [1.807, 2.05) is 6.20 Å². The second-order valence-corrected chi connectivity index (χ2v) is 10.2. The standard InChI is InChI=1S/C35H29NO/c1-3-8-24(9-4-1)26-14-16-27(17-15-26)30-12-7-13-32-31-19-18-29(23-34(31)37-35(30)32)33-22-28(20-21-36-33)25-10-5-2-6-11-25/h1,3-4,7-9,12-23,25H,2,5-6,10-11H2. The smallest absolute Gasteiger partial charge is 0.143 e. The van der Waals surface area contributed by atoms with Gasteiger partial charge in [0.1, 0.15) is 11.2 Å². The Bertz CT molecular complexity index is 1690. The number of hydrogen-bond donors (Lipinski definition) is 0. The number of rotatable bonds is 4. The molecule has 2 aromatic heterocycles. The minimum atomic E-state index is 0.668. The molecule has 0 atom stereocenters. The molecule has 0 bridgehead atoms. The van der Waals surface area contributed by atoms with Gasteiger partial charge in [0.05, 0.1) is 5.69 Å². The molecule has 1 aliphatic rings. The average Bonchev–Trinajstić information content (AvgIpc) is 3.36. The van der Waals surface area contributed by atoms with Gasteiger partial charge in [-0.1, -0.05) is 98.1 Å². The zero-order valence-corrected chi connectivity index (χ0v) is 20.9. The molecule has 2 heteroatoms. The zero-order valence-electron chi connectivity index (χ0n) is 20.9. The van der Waals surface area contributed by atoms with E-state index in [-0.39, 0.29) is 0 Å². The Morgan fingerprint density at radius 1 is 0.595 bits per heavy atom. The Balaban J connectivity index is 1.26. The molecule has 0 N–H and O–H groups in total. The number of furan rings is 1. The van der Waals surface area contributed by atoms with Gasteiger partial charge in [-0.25, -0.2) is 0 Å². The van der Waals surface area contributed by atoms with Crippen LogP contribution in [0.5, 0.6) is 0 Å². The lowest BCUT2D eigenvalue weighted by Gasteiger charge is -2.22. The van der Waals surface area contributed by atoms with Crippen molar-refractivity contribution >= 4 is 21.9 Å². The van der Waals surface area contributed by atoms with Gasteiger partial charge >= 0.3 is 0 Å². The van der Waals surface area contributed by atoms with Crippen molar-refractivity contribution in [3.05, 3.63) is 115 Å². The second kappa shape index (κ2) is 9.37. The summed E-state index contributed by atoms with van der Waals surface area (Å²) in [6, 6.07) is 36.7. The molecule has 0 spiro atoms. The van der Waals surface area contributed by atoms with E-state index >= 15 is 0 Å². The molecule has 4 aromatic carbocycles. The summed E-state index contributed by atoms with van der Waals surface area (Å²) < 4.78 is 6.53. The van der Waals surface area contributed by atoms with Crippen LogP contribution in [-0.4, -0.2) is 4.98 Å². The molecule has 0 unspecified atom stereocenters. The fraction of sp³-hybridized carbons (Fsp3) is 0.171. The Hall–Kier alpha value is -4.17. The minimum absolute atomic E-state index is 0.668. The Morgan fingerprint density at radius 3 is 2.19 bits per heavy atom. The Kier molecular flexibility index (Phi) is 5.59. The number of hydrogen-bond acceptors (Lipinski definition) is 2. The normalized spacial score (nSPS) is 14.4. The van der Waals surface area contributed by atoms with E-state index in [1.54, 1.807) is 0 Å². The van der Waals surface area contributed by atoms with Crippen LogP contribution in [0.15, 0.2) is 114 Å². The van der Waals surface area contributed by atoms with Crippen molar-refractivity contribution in [1.29, 1.82) is 0 Å². The first-order chi connectivity index (χ1) is 18.3. The van der Waals surface area contributed by atoms with Crippen LogP contribution in [0.2, 0.25) is 0 Å². The molecule has 1 aliphatic carbocycles. The average molecular weight is 480 g/mol. The first-order valence-corrected chi connectivity index (χ1v) is 13.4. The van der Waals surface area contributed by atoms with Crippen LogP contribution >= 0.6 is 0 Å². The van der Waals surface area contributed by atoms with Crippen LogP contribution in [0.25, 0.3) is 55.4 Å². The second-order valence-electron chi connectivity index (χ2n) is 10.2. The van der Waals surface area contributed by atoms with Gasteiger partial charge < -0.3 is 4.42 Å². The number of para-hydroxylation sites is 1. The first kappa shape index (κ1) is 22.1. The van der Waals surface area contributed by atoms with Crippen molar-refractivity contribution in [2.45, 2.75) is 38.0 Å². The molecule has 0 amide bonds. The zero-order chi connectivity index (χ0) is 24.6. The molecule has 0 aliphatic heterocycles. The SMILES string of the molecule is c1ccc(-c2ccc(-c3cccc4c3oc3cc(-c5cc(C6CCCCC6)ccn5)ccc34)cc2)cc1. The van der Waals surface area contributed by atoms with Crippen LogP contribution in [0.1, 0.15) is 43.6 Å². The van der Waals surface area contributed by atoms with E-state index in [9.17, 15) is 0 Å². The summed E-state index contributed by atoms with van der Waals surface area (Å²) in [5.41, 5.74) is 10.1. The largest absolute Gasteiger partial charge is 0.455 e. The highest BCUT2D eigenvalue weighted by Gasteiger charge is 2.17. The topological polar surface area (TPSA) is 26.0 Å². The highest BCUT2D eigenvalue weighted by atomic mass is 16.3. The first-order valence-electron chi connectivity index (χ1n) is 13.4. The third kappa shape index (κ3) is 4.13. The van der Waals surface area contributed by atoms with Crippen molar-refractivity contribution < 1.29 is 4.42 Å². The lowest BCUT2D eigenvalue weighted by atomic mass is 9.84. The number of nitrogens with zero attached hydrogens (tertiary/aromatic N) is 1. The predicted molar refractivity (Wildman–Crippen MR) is 154 cm³/mol. The van der Waals surface area contributed by atoms with Crippen molar-refractivity contribution in [2.24, 2.45) is 0 Å². The molecule has 0 radical (unpaired) electrons. The van der Waals surface area contributed by atoms with Gasteiger partial charge in [-0.05, 0) is 65.3 Å². The summed E-state index contributed by atoms with van der Waals surface area (Å²) in [5.74, 6) is 0.668. The van der Waals surface area contributed by atoms with Crippen LogP contribution in [0.3, 0.4) is 0 Å². The molecule has 6 aromatic rings. The fourth-order valence-corrected chi connectivity index (χ4v) is 5.95. The van der Waals surface area contributed by atoms with Crippen LogP contribution in [0.4, 0.5) is 0 Å². The minimum Gasteiger partial charge on any atom is -0.455 e. The van der Waals surface area contributed by atoms with Crippen LogP contribution in [0, 0.1) is 0 Å². The maximum absolute atomic E-state index is 6.53. The summed E-state index contributed by atoms with van der Waals surface area (Å²) in [7, 11) is 0. The molecule has 1 saturated carbocycles. The summed E-state index contributed by atoms with van der Waals surface area (Å²) in [6.07, 6.45) is 8.60. The van der Waals surface area contributed by atoms with Gasteiger partial charge in [0.2, 0.25) is 0 Å². The van der Waals surface area contributed by atoms with Gasteiger partial charge in [-0.2, -0.15) is 0 Å².